The summed E-state index contributed by atoms with van der Waals surface area (Å²) in [5, 5.41) is 0. The highest BCUT2D eigenvalue weighted by Crippen LogP contribution is 1.95. The zero-order valence-corrected chi connectivity index (χ0v) is 5.74. The van der Waals surface area contributed by atoms with Crippen LogP contribution < -0.4 is 0 Å². The molecule has 10 heavy (non-hydrogen) atoms. The molecule has 0 aliphatic heterocycles. The Morgan fingerprint density at radius 3 is 3.00 bits per heavy atom. The summed E-state index contributed by atoms with van der Waals surface area (Å²) < 4.78 is 1.66. The Kier molecular flexibility index (Phi) is 1.67. The second kappa shape index (κ2) is 2.47. The summed E-state index contributed by atoms with van der Waals surface area (Å²) in [6, 6.07) is 0. The SMILES string of the molecule is C=CC(=O)c1nccn1C. The predicted molar refractivity (Wildman–Crippen MR) is 37.7 cm³/mol. The van der Waals surface area contributed by atoms with Crippen molar-refractivity contribution in [1.82, 2.24) is 9.55 Å². The number of carbonyl (C=O) groups is 1. The molecule has 3 nitrogen and oxygen atoms in total. The van der Waals surface area contributed by atoms with E-state index in [-0.39, 0.29) is 5.78 Å². The maximum Gasteiger partial charge on any atom is 0.220 e. The van der Waals surface area contributed by atoms with Crippen molar-refractivity contribution >= 4 is 5.78 Å². The van der Waals surface area contributed by atoms with Crippen molar-refractivity contribution in [3.05, 3.63) is 30.9 Å². The van der Waals surface area contributed by atoms with Crippen LogP contribution in [0.5, 0.6) is 0 Å². The standard InChI is InChI=1S/C7H8N2O/c1-3-6(10)7-8-4-5-9(7)2/h3-5H,1H2,2H3. The van der Waals surface area contributed by atoms with Crippen LogP contribution in [0.25, 0.3) is 0 Å². The summed E-state index contributed by atoms with van der Waals surface area (Å²) in [6.45, 7) is 3.35. The van der Waals surface area contributed by atoms with Gasteiger partial charge in [-0.1, -0.05) is 6.58 Å². The van der Waals surface area contributed by atoms with Gasteiger partial charge in [0, 0.05) is 19.4 Å². The number of aromatic nitrogens is 2. The van der Waals surface area contributed by atoms with Crippen molar-refractivity contribution in [2.45, 2.75) is 0 Å². The number of aryl methyl sites for hydroxylation is 1. The molecule has 0 fully saturated rings. The molecule has 0 saturated carbocycles. The quantitative estimate of drug-likeness (QED) is 0.445. The molecule has 0 spiro atoms. The first-order valence-electron chi connectivity index (χ1n) is 2.90. The lowest BCUT2D eigenvalue weighted by Gasteiger charge is -1.93. The molecule has 0 aliphatic carbocycles. The van der Waals surface area contributed by atoms with Crippen LogP contribution in [-0.2, 0) is 7.05 Å². The smallest absolute Gasteiger partial charge is 0.220 e. The lowest BCUT2D eigenvalue weighted by Crippen LogP contribution is -2.03. The van der Waals surface area contributed by atoms with Crippen LogP contribution in [0, 0.1) is 0 Å². The van der Waals surface area contributed by atoms with Gasteiger partial charge in [0.25, 0.3) is 0 Å². The number of nitrogens with zero attached hydrogens (tertiary/aromatic N) is 2. The minimum Gasteiger partial charge on any atom is -0.331 e. The average molecular weight is 136 g/mol. The molecule has 0 aliphatic rings. The fourth-order valence-corrected chi connectivity index (χ4v) is 0.694. The largest absolute Gasteiger partial charge is 0.331 e. The minimum atomic E-state index is -0.146. The van der Waals surface area contributed by atoms with Gasteiger partial charge in [-0.15, -0.1) is 0 Å². The Morgan fingerprint density at radius 2 is 2.60 bits per heavy atom. The fourth-order valence-electron chi connectivity index (χ4n) is 0.694. The first-order chi connectivity index (χ1) is 4.75. The summed E-state index contributed by atoms with van der Waals surface area (Å²) in [5.74, 6) is 0.280. The molecule has 0 unspecified atom stereocenters. The molecule has 0 saturated heterocycles. The predicted octanol–water partition coefficient (Wildman–Crippen LogP) is 0.789. The van der Waals surface area contributed by atoms with Gasteiger partial charge < -0.3 is 4.57 Å². The van der Waals surface area contributed by atoms with Crippen molar-refractivity contribution in [1.29, 1.82) is 0 Å². The summed E-state index contributed by atoms with van der Waals surface area (Å²) in [7, 11) is 1.77. The van der Waals surface area contributed by atoms with Crippen molar-refractivity contribution in [3.63, 3.8) is 0 Å². The van der Waals surface area contributed by atoms with Gasteiger partial charge in [0.2, 0.25) is 5.78 Å². The average Bonchev–Trinajstić information content (AvgIpc) is 2.34. The maximum atomic E-state index is 10.9. The lowest BCUT2D eigenvalue weighted by molar-refractivity contribution is 0.103. The van der Waals surface area contributed by atoms with Crippen molar-refractivity contribution in [2.75, 3.05) is 0 Å². The highest BCUT2D eigenvalue weighted by Gasteiger charge is 2.04. The van der Waals surface area contributed by atoms with Gasteiger partial charge in [0.05, 0.1) is 0 Å². The van der Waals surface area contributed by atoms with Gasteiger partial charge in [0.1, 0.15) is 0 Å². The third-order valence-corrected chi connectivity index (χ3v) is 1.23. The summed E-state index contributed by atoms with van der Waals surface area (Å²) in [6.07, 6.45) is 4.55. The van der Waals surface area contributed by atoms with Crippen LogP contribution in [0.2, 0.25) is 0 Å². The Labute approximate surface area is 59.0 Å². The Morgan fingerprint density at radius 1 is 1.90 bits per heavy atom. The van der Waals surface area contributed by atoms with Crippen molar-refractivity contribution < 1.29 is 4.79 Å². The molecule has 0 N–H and O–H groups in total. The van der Waals surface area contributed by atoms with Crippen molar-refractivity contribution in [3.8, 4) is 0 Å². The normalized spacial score (nSPS) is 9.30. The van der Waals surface area contributed by atoms with Crippen molar-refractivity contribution in [2.24, 2.45) is 7.05 Å². The molecule has 0 bridgehead atoms. The van der Waals surface area contributed by atoms with E-state index in [1.54, 1.807) is 24.0 Å². The van der Waals surface area contributed by atoms with Gasteiger partial charge >= 0.3 is 0 Å². The molecule has 1 heterocycles. The molecular formula is C7H8N2O. The highest BCUT2D eigenvalue weighted by atomic mass is 16.1. The highest BCUT2D eigenvalue weighted by molar-refractivity contribution is 6.01. The lowest BCUT2D eigenvalue weighted by atomic mass is 10.4. The third kappa shape index (κ3) is 0.978. The molecule has 0 atom stereocenters. The summed E-state index contributed by atoms with van der Waals surface area (Å²) in [4.78, 5) is 14.7. The second-order valence-electron chi connectivity index (χ2n) is 1.93. The van der Waals surface area contributed by atoms with Gasteiger partial charge in [0.15, 0.2) is 5.82 Å². The maximum absolute atomic E-state index is 10.9. The van der Waals surface area contributed by atoms with E-state index >= 15 is 0 Å². The molecule has 3 heteroatoms. The van der Waals surface area contributed by atoms with Crippen LogP contribution in [0.15, 0.2) is 25.0 Å². The molecule has 0 aromatic carbocycles. The number of carbonyl (C=O) groups excluding carboxylic acids is 1. The fraction of sp³-hybridized carbons (Fsp3) is 0.143. The number of rotatable bonds is 2. The van der Waals surface area contributed by atoms with E-state index in [4.69, 9.17) is 0 Å². The molecule has 1 aromatic heterocycles. The molecule has 1 rings (SSSR count). The number of allylic oxidation sites excluding steroid dienone is 1. The zero-order chi connectivity index (χ0) is 7.56. The minimum absolute atomic E-state index is 0.146. The molecular weight excluding hydrogens is 128 g/mol. The summed E-state index contributed by atoms with van der Waals surface area (Å²) >= 11 is 0. The van der Waals surface area contributed by atoms with E-state index in [1.807, 2.05) is 0 Å². The van der Waals surface area contributed by atoms with Crippen LogP contribution in [0.3, 0.4) is 0 Å². The first-order valence-corrected chi connectivity index (χ1v) is 2.90. The van der Waals surface area contributed by atoms with Crippen LogP contribution >= 0.6 is 0 Å². The van der Waals surface area contributed by atoms with Gasteiger partial charge in [-0.25, -0.2) is 4.98 Å². The summed E-state index contributed by atoms with van der Waals surface area (Å²) in [5.41, 5.74) is 0. The van der Waals surface area contributed by atoms with Gasteiger partial charge in [-0.2, -0.15) is 0 Å². The second-order valence-corrected chi connectivity index (χ2v) is 1.93. The third-order valence-electron chi connectivity index (χ3n) is 1.23. The van der Waals surface area contributed by atoms with E-state index in [0.717, 1.165) is 0 Å². The monoisotopic (exact) mass is 136 g/mol. The van der Waals surface area contributed by atoms with E-state index in [2.05, 4.69) is 11.6 Å². The van der Waals surface area contributed by atoms with E-state index in [1.165, 1.54) is 6.08 Å². The Balaban J connectivity index is 3.04. The topological polar surface area (TPSA) is 34.9 Å². The number of hydrogen-bond acceptors (Lipinski definition) is 2. The van der Waals surface area contributed by atoms with E-state index in [0.29, 0.717) is 5.82 Å². The van der Waals surface area contributed by atoms with E-state index < -0.39 is 0 Å². The van der Waals surface area contributed by atoms with Crippen LogP contribution in [0.1, 0.15) is 10.6 Å². The molecule has 52 valence electrons. The Bertz CT molecular complexity index is 262. The molecule has 0 amide bonds. The van der Waals surface area contributed by atoms with Crippen LogP contribution in [0.4, 0.5) is 0 Å². The van der Waals surface area contributed by atoms with Gasteiger partial charge in [-0.05, 0) is 6.08 Å². The van der Waals surface area contributed by atoms with Crippen LogP contribution in [-0.4, -0.2) is 15.3 Å². The molecule has 0 radical (unpaired) electrons. The van der Waals surface area contributed by atoms with Gasteiger partial charge in [-0.3, -0.25) is 4.79 Å². The number of hydrogen-bond donors (Lipinski definition) is 0. The number of imidazole rings is 1. The molecule has 1 aromatic rings. The number of ketones is 1. The van der Waals surface area contributed by atoms with E-state index in [9.17, 15) is 4.79 Å². The first kappa shape index (κ1) is 6.74. The zero-order valence-electron chi connectivity index (χ0n) is 5.74. The Hall–Kier alpha value is -1.38.